The van der Waals surface area contributed by atoms with E-state index in [-0.39, 0.29) is 11.7 Å². The first-order valence-corrected chi connectivity index (χ1v) is 7.34. The summed E-state index contributed by atoms with van der Waals surface area (Å²) >= 11 is 0. The van der Waals surface area contributed by atoms with Crippen molar-refractivity contribution in [3.8, 4) is 0 Å². The molecule has 2 atom stereocenters. The van der Waals surface area contributed by atoms with Crippen LogP contribution in [0, 0.1) is 5.92 Å². The molecule has 0 amide bonds. The predicted octanol–water partition coefficient (Wildman–Crippen LogP) is 3.38. The fourth-order valence-electron chi connectivity index (χ4n) is 3.60. The Labute approximate surface area is 118 Å². The van der Waals surface area contributed by atoms with Crippen LogP contribution in [0.1, 0.15) is 36.0 Å². The summed E-state index contributed by atoms with van der Waals surface area (Å²) in [5, 5.41) is 0.971. The van der Waals surface area contributed by atoms with Crippen LogP contribution in [0.2, 0.25) is 0 Å². The van der Waals surface area contributed by atoms with Crippen molar-refractivity contribution in [3.63, 3.8) is 0 Å². The summed E-state index contributed by atoms with van der Waals surface area (Å²) in [6.45, 7) is 0. The molecule has 3 heterocycles. The quantitative estimate of drug-likeness (QED) is 0.783. The second-order valence-corrected chi connectivity index (χ2v) is 5.87. The third kappa shape index (κ3) is 1.93. The van der Waals surface area contributed by atoms with Crippen LogP contribution in [0.15, 0.2) is 36.5 Å². The smallest absolute Gasteiger partial charge is 0.166 e. The predicted molar refractivity (Wildman–Crippen MR) is 76.7 cm³/mol. The van der Waals surface area contributed by atoms with Crippen LogP contribution in [0.25, 0.3) is 10.9 Å². The number of para-hydroxylation sites is 1. The molecule has 3 heteroatoms. The molecule has 0 aliphatic carbocycles. The summed E-state index contributed by atoms with van der Waals surface area (Å²) in [7, 11) is 0. The van der Waals surface area contributed by atoms with E-state index in [2.05, 4.69) is 4.98 Å². The van der Waals surface area contributed by atoms with Gasteiger partial charge >= 0.3 is 0 Å². The minimum absolute atomic E-state index is 0.118. The van der Waals surface area contributed by atoms with E-state index < -0.39 is 0 Å². The van der Waals surface area contributed by atoms with Gasteiger partial charge in [0.15, 0.2) is 5.78 Å². The van der Waals surface area contributed by atoms with Gasteiger partial charge in [0.2, 0.25) is 0 Å². The largest absolute Gasteiger partial charge is 0.375 e. The van der Waals surface area contributed by atoms with Crippen LogP contribution < -0.4 is 0 Å². The van der Waals surface area contributed by atoms with Gasteiger partial charge in [0.1, 0.15) is 0 Å². The van der Waals surface area contributed by atoms with E-state index in [1.54, 1.807) is 6.20 Å². The molecule has 2 saturated heterocycles. The number of hydrogen-bond acceptors (Lipinski definition) is 3. The third-order valence-corrected chi connectivity index (χ3v) is 4.58. The van der Waals surface area contributed by atoms with Crippen molar-refractivity contribution in [1.29, 1.82) is 0 Å². The lowest BCUT2D eigenvalue weighted by Gasteiger charge is -2.27. The third-order valence-electron chi connectivity index (χ3n) is 4.58. The molecule has 1 aromatic heterocycles. The summed E-state index contributed by atoms with van der Waals surface area (Å²) < 4.78 is 5.84. The van der Waals surface area contributed by atoms with E-state index in [1.807, 2.05) is 30.3 Å². The number of nitrogens with zero attached hydrogens (tertiary/aromatic N) is 1. The fourth-order valence-corrected chi connectivity index (χ4v) is 3.60. The Morgan fingerprint density at radius 2 is 1.85 bits per heavy atom. The number of carbonyl (C=O) groups is 1. The Morgan fingerprint density at radius 1 is 1.10 bits per heavy atom. The summed E-state index contributed by atoms with van der Waals surface area (Å²) in [5.41, 5.74) is 1.72. The SMILES string of the molecule is O=C(c1ccnc2ccccc12)C1CC2CCC(C1)O2. The monoisotopic (exact) mass is 267 g/mol. The molecular weight excluding hydrogens is 250 g/mol. The molecule has 0 radical (unpaired) electrons. The zero-order chi connectivity index (χ0) is 13.5. The Hall–Kier alpha value is -1.74. The van der Waals surface area contributed by atoms with Crippen molar-refractivity contribution in [2.45, 2.75) is 37.9 Å². The molecule has 2 bridgehead atoms. The first-order valence-electron chi connectivity index (χ1n) is 7.34. The van der Waals surface area contributed by atoms with Gasteiger partial charge in [0.05, 0.1) is 17.7 Å². The van der Waals surface area contributed by atoms with Gasteiger partial charge in [0.25, 0.3) is 0 Å². The van der Waals surface area contributed by atoms with E-state index in [4.69, 9.17) is 4.74 Å². The summed E-state index contributed by atoms with van der Waals surface area (Å²) in [5.74, 6) is 0.385. The van der Waals surface area contributed by atoms with Crippen LogP contribution in [0.3, 0.4) is 0 Å². The number of benzene rings is 1. The van der Waals surface area contributed by atoms with Crippen molar-refractivity contribution in [2.24, 2.45) is 5.92 Å². The molecular formula is C17H17NO2. The number of Topliss-reactive ketones (excluding diaryl/α,β-unsaturated/α-hetero) is 1. The van der Waals surface area contributed by atoms with Gasteiger partial charge < -0.3 is 4.74 Å². The van der Waals surface area contributed by atoms with Crippen LogP contribution in [-0.2, 0) is 4.74 Å². The van der Waals surface area contributed by atoms with Crippen LogP contribution in [0.4, 0.5) is 0 Å². The highest BCUT2D eigenvalue weighted by molar-refractivity contribution is 6.08. The Morgan fingerprint density at radius 3 is 2.65 bits per heavy atom. The first-order chi connectivity index (χ1) is 9.81. The number of pyridine rings is 1. The van der Waals surface area contributed by atoms with E-state index in [9.17, 15) is 4.79 Å². The summed E-state index contributed by atoms with van der Waals surface area (Å²) in [6.07, 6.45) is 6.34. The van der Waals surface area contributed by atoms with Gasteiger partial charge in [-0.3, -0.25) is 9.78 Å². The van der Waals surface area contributed by atoms with Gasteiger partial charge in [-0.2, -0.15) is 0 Å². The normalized spacial score (nSPS) is 28.7. The molecule has 0 spiro atoms. The van der Waals surface area contributed by atoms with E-state index in [1.165, 1.54) is 0 Å². The highest BCUT2D eigenvalue weighted by Gasteiger charge is 2.38. The molecule has 2 aliphatic rings. The number of aromatic nitrogens is 1. The molecule has 0 N–H and O–H groups in total. The number of rotatable bonds is 2. The molecule has 102 valence electrons. The minimum atomic E-state index is 0.118. The maximum Gasteiger partial charge on any atom is 0.166 e. The van der Waals surface area contributed by atoms with Gasteiger partial charge in [-0.05, 0) is 37.8 Å². The van der Waals surface area contributed by atoms with Gasteiger partial charge in [-0.15, -0.1) is 0 Å². The molecule has 0 saturated carbocycles. The Bertz CT molecular complexity index is 650. The summed E-state index contributed by atoms with van der Waals surface area (Å²) in [4.78, 5) is 17.2. The van der Waals surface area contributed by atoms with E-state index >= 15 is 0 Å². The average molecular weight is 267 g/mol. The molecule has 2 aliphatic heterocycles. The van der Waals surface area contributed by atoms with Crippen molar-refractivity contribution >= 4 is 16.7 Å². The highest BCUT2D eigenvalue weighted by atomic mass is 16.5. The average Bonchev–Trinajstić information content (AvgIpc) is 2.84. The Balaban J connectivity index is 1.70. The molecule has 2 fully saturated rings. The first kappa shape index (κ1) is 12.0. The fraction of sp³-hybridized carbons (Fsp3) is 0.412. The lowest BCUT2D eigenvalue weighted by atomic mass is 9.87. The number of hydrogen-bond donors (Lipinski definition) is 0. The molecule has 1 aromatic carbocycles. The molecule has 3 nitrogen and oxygen atoms in total. The van der Waals surface area contributed by atoms with E-state index in [0.717, 1.165) is 42.1 Å². The maximum absolute atomic E-state index is 12.8. The van der Waals surface area contributed by atoms with Crippen LogP contribution in [-0.4, -0.2) is 23.0 Å². The van der Waals surface area contributed by atoms with Crippen LogP contribution >= 0.6 is 0 Å². The Kier molecular flexibility index (Phi) is 2.81. The second kappa shape index (κ2) is 4.67. The molecule has 2 unspecified atom stereocenters. The number of fused-ring (bicyclic) bond motifs is 3. The minimum Gasteiger partial charge on any atom is -0.375 e. The number of ether oxygens (including phenoxy) is 1. The van der Waals surface area contributed by atoms with E-state index in [0.29, 0.717) is 12.2 Å². The lowest BCUT2D eigenvalue weighted by molar-refractivity contribution is -0.0148. The lowest BCUT2D eigenvalue weighted by Crippen LogP contribution is -2.30. The second-order valence-electron chi connectivity index (χ2n) is 5.87. The van der Waals surface area contributed by atoms with Gasteiger partial charge in [-0.25, -0.2) is 0 Å². The molecule has 20 heavy (non-hydrogen) atoms. The summed E-state index contributed by atoms with van der Waals surface area (Å²) in [6, 6.07) is 9.73. The van der Waals surface area contributed by atoms with Crippen LogP contribution in [0.5, 0.6) is 0 Å². The zero-order valence-corrected chi connectivity index (χ0v) is 11.3. The molecule has 2 aromatic rings. The zero-order valence-electron chi connectivity index (χ0n) is 11.3. The van der Waals surface area contributed by atoms with Crippen molar-refractivity contribution in [2.75, 3.05) is 0 Å². The number of carbonyl (C=O) groups excluding carboxylic acids is 1. The topological polar surface area (TPSA) is 39.2 Å². The van der Waals surface area contributed by atoms with Crippen molar-refractivity contribution in [3.05, 3.63) is 42.1 Å². The maximum atomic E-state index is 12.8. The van der Waals surface area contributed by atoms with Gasteiger partial charge in [0, 0.05) is 23.1 Å². The van der Waals surface area contributed by atoms with Crippen molar-refractivity contribution < 1.29 is 9.53 Å². The number of ketones is 1. The highest BCUT2D eigenvalue weighted by Crippen LogP contribution is 2.37. The van der Waals surface area contributed by atoms with Gasteiger partial charge in [-0.1, -0.05) is 18.2 Å². The van der Waals surface area contributed by atoms with Crippen molar-refractivity contribution in [1.82, 2.24) is 4.98 Å². The standard InChI is InChI=1S/C17H17NO2/c19-17(11-9-12-5-6-13(10-11)20-12)15-7-8-18-16-4-2-1-3-14(15)16/h1-4,7-8,11-13H,5-6,9-10H2. The molecule has 4 rings (SSSR count).